The van der Waals surface area contributed by atoms with Gasteiger partial charge in [0.1, 0.15) is 5.75 Å². The molecule has 1 fully saturated rings. The van der Waals surface area contributed by atoms with Crippen LogP contribution in [0.5, 0.6) is 5.75 Å². The van der Waals surface area contributed by atoms with Gasteiger partial charge in [-0.25, -0.2) is 0 Å². The van der Waals surface area contributed by atoms with Crippen molar-refractivity contribution in [3.05, 3.63) is 29.8 Å². The Labute approximate surface area is 149 Å². The average molecular weight is 356 g/mol. The summed E-state index contributed by atoms with van der Waals surface area (Å²) in [6, 6.07) is 5.94. The lowest BCUT2D eigenvalue weighted by Crippen LogP contribution is -2.56. The van der Waals surface area contributed by atoms with Crippen molar-refractivity contribution in [2.75, 3.05) is 26.2 Å². The number of amides is 2. The van der Waals surface area contributed by atoms with Crippen LogP contribution in [0, 0.1) is 5.41 Å². The second-order valence-electron chi connectivity index (χ2n) is 6.98. The zero-order chi connectivity index (χ0) is 17.2. The van der Waals surface area contributed by atoms with E-state index in [2.05, 4.69) is 0 Å². The molecule has 0 unspecified atom stereocenters. The van der Waals surface area contributed by atoms with Crippen molar-refractivity contribution in [3.63, 3.8) is 0 Å². The number of nitrogens with two attached hydrogens (primary N) is 1. The van der Waals surface area contributed by atoms with Crippen LogP contribution >= 0.6 is 12.4 Å². The molecule has 3 N–H and O–H groups in total. The molecule has 1 aliphatic heterocycles. The molecule has 0 spiro atoms. The Morgan fingerprint density at radius 2 is 1.58 bits per heavy atom. The summed E-state index contributed by atoms with van der Waals surface area (Å²) < 4.78 is 0. The number of phenols is 1. The van der Waals surface area contributed by atoms with E-state index in [1.807, 2.05) is 20.8 Å². The fourth-order valence-corrected chi connectivity index (χ4v) is 2.52. The van der Waals surface area contributed by atoms with E-state index in [4.69, 9.17) is 5.73 Å². The third-order valence-electron chi connectivity index (χ3n) is 4.21. The lowest BCUT2D eigenvalue weighted by molar-refractivity contribution is -0.136. The van der Waals surface area contributed by atoms with E-state index < -0.39 is 6.04 Å². The Morgan fingerprint density at radius 3 is 2.08 bits per heavy atom. The highest BCUT2D eigenvalue weighted by Gasteiger charge is 2.33. The number of aromatic hydroxyl groups is 1. The zero-order valence-corrected chi connectivity index (χ0v) is 15.2. The van der Waals surface area contributed by atoms with Gasteiger partial charge in [-0.15, -0.1) is 12.4 Å². The highest BCUT2D eigenvalue weighted by Crippen LogP contribution is 2.21. The molecule has 1 aliphatic rings. The normalized spacial score (nSPS) is 16.3. The molecule has 2 rings (SSSR count). The highest BCUT2D eigenvalue weighted by atomic mass is 35.5. The maximum absolute atomic E-state index is 12.4. The minimum Gasteiger partial charge on any atom is -0.507 e. The SMILES string of the molecule is CC(C)(C)[C@H](N)C(=O)N1CCN(C(=O)c2ccccc2O)CC1.Cl. The summed E-state index contributed by atoms with van der Waals surface area (Å²) >= 11 is 0. The molecule has 0 aromatic heterocycles. The van der Waals surface area contributed by atoms with Crippen molar-refractivity contribution in [2.24, 2.45) is 11.1 Å². The Bertz CT molecular complexity index is 593. The van der Waals surface area contributed by atoms with Crippen molar-refractivity contribution in [1.82, 2.24) is 9.80 Å². The summed E-state index contributed by atoms with van der Waals surface area (Å²) in [7, 11) is 0. The van der Waals surface area contributed by atoms with E-state index in [0.717, 1.165) is 0 Å². The molecule has 6 nitrogen and oxygen atoms in total. The van der Waals surface area contributed by atoms with E-state index in [-0.39, 0.29) is 35.4 Å². The largest absolute Gasteiger partial charge is 0.507 e. The number of rotatable bonds is 2. The van der Waals surface area contributed by atoms with Gasteiger partial charge < -0.3 is 20.6 Å². The van der Waals surface area contributed by atoms with Gasteiger partial charge in [0.2, 0.25) is 5.91 Å². The van der Waals surface area contributed by atoms with E-state index >= 15 is 0 Å². The Kier molecular flexibility index (Phi) is 6.63. The molecular formula is C17H26ClN3O3. The van der Waals surface area contributed by atoms with Gasteiger partial charge in [-0.1, -0.05) is 32.9 Å². The second kappa shape index (κ2) is 7.85. The van der Waals surface area contributed by atoms with Gasteiger partial charge in [-0.3, -0.25) is 9.59 Å². The minimum absolute atomic E-state index is 0. The third kappa shape index (κ3) is 4.39. The van der Waals surface area contributed by atoms with E-state index in [9.17, 15) is 14.7 Å². The third-order valence-corrected chi connectivity index (χ3v) is 4.21. The predicted molar refractivity (Wildman–Crippen MR) is 95.3 cm³/mol. The molecule has 134 valence electrons. The molecule has 1 saturated heterocycles. The molecule has 1 aromatic carbocycles. The van der Waals surface area contributed by atoms with E-state index in [0.29, 0.717) is 31.7 Å². The van der Waals surface area contributed by atoms with Gasteiger partial charge in [-0.2, -0.15) is 0 Å². The number of halogens is 1. The van der Waals surface area contributed by atoms with Gasteiger partial charge in [-0.05, 0) is 17.5 Å². The van der Waals surface area contributed by atoms with Gasteiger partial charge in [0.25, 0.3) is 5.91 Å². The molecule has 1 aromatic rings. The van der Waals surface area contributed by atoms with E-state index in [1.54, 1.807) is 28.0 Å². The molecule has 2 amide bonds. The highest BCUT2D eigenvalue weighted by molar-refractivity contribution is 5.97. The molecule has 1 heterocycles. The van der Waals surface area contributed by atoms with Crippen LogP contribution in [0.1, 0.15) is 31.1 Å². The fraction of sp³-hybridized carbons (Fsp3) is 0.529. The van der Waals surface area contributed by atoms with Gasteiger partial charge in [0, 0.05) is 26.2 Å². The zero-order valence-electron chi connectivity index (χ0n) is 14.4. The van der Waals surface area contributed by atoms with Gasteiger partial charge in [0.15, 0.2) is 0 Å². The maximum atomic E-state index is 12.4. The summed E-state index contributed by atoms with van der Waals surface area (Å²) in [5.74, 6) is -0.312. The first-order chi connectivity index (χ1) is 10.7. The number of piperazine rings is 1. The lowest BCUT2D eigenvalue weighted by Gasteiger charge is -2.38. The molecule has 1 atom stereocenters. The summed E-state index contributed by atoms with van der Waals surface area (Å²) in [4.78, 5) is 28.2. The number of nitrogens with zero attached hydrogens (tertiary/aromatic N) is 2. The van der Waals surface area contributed by atoms with E-state index in [1.165, 1.54) is 6.07 Å². The Balaban J connectivity index is 0.00000288. The van der Waals surface area contributed by atoms with Crippen LogP contribution in [0.25, 0.3) is 0 Å². The van der Waals surface area contributed by atoms with Gasteiger partial charge in [0.05, 0.1) is 11.6 Å². The maximum Gasteiger partial charge on any atom is 0.257 e. The van der Waals surface area contributed by atoms with Crippen LogP contribution < -0.4 is 5.73 Å². The quantitative estimate of drug-likeness (QED) is 0.841. The lowest BCUT2D eigenvalue weighted by atomic mass is 9.86. The molecule has 7 heteroatoms. The molecule has 24 heavy (non-hydrogen) atoms. The molecule has 0 radical (unpaired) electrons. The molecule has 0 saturated carbocycles. The van der Waals surface area contributed by atoms with Crippen LogP contribution in [-0.4, -0.2) is 58.9 Å². The number of benzene rings is 1. The Hall–Kier alpha value is -1.79. The van der Waals surface area contributed by atoms with Crippen molar-refractivity contribution < 1.29 is 14.7 Å². The van der Waals surface area contributed by atoms with Crippen LogP contribution in [0.4, 0.5) is 0 Å². The number of para-hydroxylation sites is 1. The molecule has 0 aliphatic carbocycles. The number of carbonyl (C=O) groups excluding carboxylic acids is 2. The summed E-state index contributed by atoms with van der Waals surface area (Å²) in [5, 5.41) is 9.79. The van der Waals surface area contributed by atoms with Crippen molar-refractivity contribution in [3.8, 4) is 5.75 Å². The monoisotopic (exact) mass is 355 g/mol. The van der Waals surface area contributed by atoms with Crippen molar-refractivity contribution >= 4 is 24.2 Å². The van der Waals surface area contributed by atoms with Gasteiger partial charge >= 0.3 is 0 Å². The van der Waals surface area contributed by atoms with Crippen LogP contribution in [0.15, 0.2) is 24.3 Å². The number of phenolic OH excluding ortho intramolecular Hbond substituents is 1. The number of hydrogen-bond donors (Lipinski definition) is 2. The topological polar surface area (TPSA) is 86.9 Å². The van der Waals surface area contributed by atoms with Crippen molar-refractivity contribution in [2.45, 2.75) is 26.8 Å². The fourth-order valence-electron chi connectivity index (χ4n) is 2.52. The average Bonchev–Trinajstić information content (AvgIpc) is 2.52. The van der Waals surface area contributed by atoms with Crippen molar-refractivity contribution in [1.29, 1.82) is 0 Å². The predicted octanol–water partition coefficient (Wildman–Crippen LogP) is 1.47. The second-order valence-corrected chi connectivity index (χ2v) is 6.98. The molecule has 0 bridgehead atoms. The summed E-state index contributed by atoms with van der Waals surface area (Å²) in [6.07, 6.45) is 0. The summed E-state index contributed by atoms with van der Waals surface area (Å²) in [6.45, 7) is 7.62. The summed E-state index contributed by atoms with van der Waals surface area (Å²) in [5.41, 5.74) is 6.02. The van der Waals surface area contributed by atoms with Crippen LogP contribution in [0.2, 0.25) is 0 Å². The molecular weight excluding hydrogens is 330 g/mol. The minimum atomic E-state index is -0.553. The number of carbonyl (C=O) groups is 2. The Morgan fingerprint density at radius 1 is 1.08 bits per heavy atom. The standard InChI is InChI=1S/C17H25N3O3.ClH/c1-17(2,3)14(18)16(23)20-10-8-19(9-11-20)15(22)12-6-4-5-7-13(12)21;/h4-7,14,21H,8-11,18H2,1-3H3;1H/t14-;/m1./s1. The first-order valence-electron chi connectivity index (χ1n) is 7.83. The van der Waals surface area contributed by atoms with Crippen LogP contribution in [0.3, 0.4) is 0 Å². The van der Waals surface area contributed by atoms with Crippen LogP contribution in [-0.2, 0) is 4.79 Å². The number of hydrogen-bond acceptors (Lipinski definition) is 4. The first-order valence-corrected chi connectivity index (χ1v) is 7.83. The smallest absolute Gasteiger partial charge is 0.257 e. The first kappa shape index (κ1) is 20.3.